The van der Waals surface area contributed by atoms with Crippen LogP contribution in [0.15, 0.2) is 51.3 Å². The van der Waals surface area contributed by atoms with Crippen LogP contribution >= 0.6 is 0 Å². The van der Waals surface area contributed by atoms with Gasteiger partial charge in [0.2, 0.25) is 5.76 Å². The second-order valence-electron chi connectivity index (χ2n) is 5.54. The van der Waals surface area contributed by atoms with Crippen molar-refractivity contribution in [2.24, 2.45) is 0 Å². The molecule has 120 valence electrons. The van der Waals surface area contributed by atoms with E-state index in [1.54, 1.807) is 12.1 Å². The van der Waals surface area contributed by atoms with Crippen molar-refractivity contribution in [2.45, 2.75) is 19.5 Å². The zero-order chi connectivity index (χ0) is 16.4. The van der Waals surface area contributed by atoms with Crippen molar-refractivity contribution in [3.05, 3.63) is 59.7 Å². The van der Waals surface area contributed by atoms with Gasteiger partial charge in [-0.05, 0) is 38.2 Å². The zero-order valence-electron chi connectivity index (χ0n) is 13.4. The first-order chi connectivity index (χ1) is 11.1. The standard InChI is InChI=1S/C18H19NO4/c1-12(17-10-13-6-4-5-7-15(13)23-17)19(2)11-14-8-9-16(22-14)18(20)21-3/h4-10,12H,11H2,1-3H3. The van der Waals surface area contributed by atoms with Crippen molar-refractivity contribution >= 4 is 16.9 Å². The largest absolute Gasteiger partial charge is 0.463 e. The van der Waals surface area contributed by atoms with Crippen LogP contribution in [0, 0.1) is 0 Å². The molecule has 0 spiro atoms. The van der Waals surface area contributed by atoms with Crippen LogP contribution in [0.3, 0.4) is 0 Å². The number of nitrogens with zero attached hydrogens (tertiary/aromatic N) is 1. The van der Waals surface area contributed by atoms with Gasteiger partial charge in [0.25, 0.3) is 0 Å². The summed E-state index contributed by atoms with van der Waals surface area (Å²) < 4.78 is 16.1. The van der Waals surface area contributed by atoms with Crippen molar-refractivity contribution in [1.82, 2.24) is 4.90 Å². The Kier molecular flexibility index (Phi) is 4.21. The Labute approximate surface area is 134 Å². The highest BCUT2D eigenvalue weighted by atomic mass is 16.5. The van der Waals surface area contributed by atoms with Crippen LogP contribution in [0.4, 0.5) is 0 Å². The highest BCUT2D eigenvalue weighted by Gasteiger charge is 2.18. The van der Waals surface area contributed by atoms with Gasteiger partial charge in [-0.1, -0.05) is 18.2 Å². The molecular formula is C18H19NO4. The number of hydrogen-bond donors (Lipinski definition) is 0. The number of carbonyl (C=O) groups is 1. The monoisotopic (exact) mass is 313 g/mol. The van der Waals surface area contributed by atoms with Crippen LogP contribution in [-0.2, 0) is 11.3 Å². The number of rotatable bonds is 5. The second-order valence-corrected chi connectivity index (χ2v) is 5.54. The van der Waals surface area contributed by atoms with Crippen molar-refractivity contribution < 1.29 is 18.4 Å². The molecule has 5 heteroatoms. The molecular weight excluding hydrogens is 294 g/mol. The summed E-state index contributed by atoms with van der Waals surface area (Å²) in [6, 6.07) is 13.5. The van der Waals surface area contributed by atoms with Crippen LogP contribution in [0.5, 0.6) is 0 Å². The number of esters is 1. The second kappa shape index (κ2) is 6.30. The van der Waals surface area contributed by atoms with Gasteiger partial charge < -0.3 is 13.6 Å². The van der Waals surface area contributed by atoms with Gasteiger partial charge in [0.15, 0.2) is 0 Å². The average Bonchev–Trinajstić information content (AvgIpc) is 3.19. The number of benzene rings is 1. The molecule has 23 heavy (non-hydrogen) atoms. The maximum absolute atomic E-state index is 11.4. The first kappa shape index (κ1) is 15.4. The fourth-order valence-corrected chi connectivity index (χ4v) is 2.48. The van der Waals surface area contributed by atoms with Gasteiger partial charge in [-0.2, -0.15) is 0 Å². The van der Waals surface area contributed by atoms with Gasteiger partial charge in [-0.3, -0.25) is 4.90 Å². The molecule has 5 nitrogen and oxygen atoms in total. The van der Waals surface area contributed by atoms with Crippen LogP contribution in [0.1, 0.15) is 35.0 Å². The maximum atomic E-state index is 11.4. The van der Waals surface area contributed by atoms with Crippen LogP contribution in [0.25, 0.3) is 11.0 Å². The van der Waals surface area contributed by atoms with E-state index >= 15 is 0 Å². The molecule has 0 N–H and O–H groups in total. The fraction of sp³-hybridized carbons (Fsp3) is 0.278. The molecule has 0 aliphatic rings. The Morgan fingerprint density at radius 1 is 1.22 bits per heavy atom. The minimum absolute atomic E-state index is 0.0778. The Hall–Kier alpha value is -2.53. The lowest BCUT2D eigenvalue weighted by atomic mass is 10.2. The van der Waals surface area contributed by atoms with Gasteiger partial charge >= 0.3 is 5.97 Å². The number of ether oxygens (including phenoxy) is 1. The summed E-state index contributed by atoms with van der Waals surface area (Å²) in [6.45, 7) is 2.64. The van der Waals surface area contributed by atoms with E-state index in [0.717, 1.165) is 16.7 Å². The molecule has 0 saturated carbocycles. The molecule has 0 amide bonds. The molecule has 0 bridgehead atoms. The number of fused-ring (bicyclic) bond motifs is 1. The third-order valence-electron chi connectivity index (χ3n) is 3.97. The highest BCUT2D eigenvalue weighted by Crippen LogP contribution is 2.27. The van der Waals surface area contributed by atoms with E-state index < -0.39 is 5.97 Å². The van der Waals surface area contributed by atoms with Gasteiger partial charge in [0.05, 0.1) is 19.7 Å². The first-order valence-electron chi connectivity index (χ1n) is 7.44. The molecule has 3 aromatic rings. The molecule has 3 rings (SSSR count). The van der Waals surface area contributed by atoms with Crippen LogP contribution in [0.2, 0.25) is 0 Å². The first-order valence-corrected chi connectivity index (χ1v) is 7.44. The van der Waals surface area contributed by atoms with E-state index in [1.165, 1.54) is 7.11 Å². The molecule has 1 unspecified atom stereocenters. The van der Waals surface area contributed by atoms with Gasteiger partial charge in [-0.25, -0.2) is 4.79 Å². The Morgan fingerprint density at radius 3 is 2.74 bits per heavy atom. The predicted molar refractivity (Wildman–Crippen MR) is 86.1 cm³/mol. The molecule has 0 aliphatic carbocycles. The molecule has 0 fully saturated rings. The van der Waals surface area contributed by atoms with E-state index in [2.05, 4.69) is 22.6 Å². The van der Waals surface area contributed by atoms with E-state index in [4.69, 9.17) is 8.83 Å². The summed E-state index contributed by atoms with van der Waals surface area (Å²) in [7, 11) is 3.32. The Morgan fingerprint density at radius 2 is 2.00 bits per heavy atom. The predicted octanol–water partition coefficient (Wildman–Crippen LogP) is 4.01. The number of para-hydroxylation sites is 1. The molecule has 2 heterocycles. The van der Waals surface area contributed by atoms with E-state index in [-0.39, 0.29) is 11.8 Å². The van der Waals surface area contributed by atoms with Crippen molar-refractivity contribution in [3.8, 4) is 0 Å². The third-order valence-corrected chi connectivity index (χ3v) is 3.97. The lowest BCUT2D eigenvalue weighted by molar-refractivity contribution is 0.0560. The molecule has 0 aliphatic heterocycles. The number of hydrogen-bond acceptors (Lipinski definition) is 5. The zero-order valence-corrected chi connectivity index (χ0v) is 13.4. The average molecular weight is 313 g/mol. The highest BCUT2D eigenvalue weighted by molar-refractivity contribution is 5.86. The summed E-state index contributed by atoms with van der Waals surface area (Å²) in [4.78, 5) is 13.5. The minimum Gasteiger partial charge on any atom is -0.463 e. The van der Waals surface area contributed by atoms with Gasteiger partial charge in [0.1, 0.15) is 17.1 Å². The molecule has 0 saturated heterocycles. The molecule has 1 aromatic carbocycles. The smallest absolute Gasteiger partial charge is 0.373 e. The van der Waals surface area contributed by atoms with Crippen LogP contribution in [-0.4, -0.2) is 25.0 Å². The van der Waals surface area contributed by atoms with E-state index in [9.17, 15) is 4.79 Å². The summed E-state index contributed by atoms with van der Waals surface area (Å²) >= 11 is 0. The summed E-state index contributed by atoms with van der Waals surface area (Å²) in [6.07, 6.45) is 0. The number of carbonyl (C=O) groups excluding carboxylic acids is 1. The number of furan rings is 2. The van der Waals surface area contributed by atoms with Gasteiger partial charge in [0, 0.05) is 5.39 Å². The summed E-state index contributed by atoms with van der Waals surface area (Å²) in [5.41, 5.74) is 0.883. The molecule has 2 aromatic heterocycles. The van der Waals surface area contributed by atoms with Crippen molar-refractivity contribution in [2.75, 3.05) is 14.2 Å². The van der Waals surface area contributed by atoms with Crippen LogP contribution < -0.4 is 0 Å². The SMILES string of the molecule is COC(=O)c1ccc(CN(C)C(C)c2cc3ccccc3o2)o1. The topological polar surface area (TPSA) is 55.8 Å². The third kappa shape index (κ3) is 3.14. The summed E-state index contributed by atoms with van der Waals surface area (Å²) in [5, 5.41) is 1.09. The minimum atomic E-state index is -0.468. The lowest BCUT2D eigenvalue weighted by Crippen LogP contribution is -2.21. The lowest BCUT2D eigenvalue weighted by Gasteiger charge is -2.21. The Bertz CT molecular complexity index is 784. The Balaban J connectivity index is 1.73. The van der Waals surface area contributed by atoms with Gasteiger partial charge in [-0.15, -0.1) is 0 Å². The molecule has 1 atom stereocenters. The van der Waals surface area contributed by atoms with E-state index in [1.807, 2.05) is 31.3 Å². The summed E-state index contributed by atoms with van der Waals surface area (Å²) in [5.74, 6) is 1.35. The quantitative estimate of drug-likeness (QED) is 0.666. The van der Waals surface area contributed by atoms with Crippen molar-refractivity contribution in [1.29, 1.82) is 0 Å². The number of methoxy groups -OCH3 is 1. The van der Waals surface area contributed by atoms with Crippen molar-refractivity contribution in [3.63, 3.8) is 0 Å². The maximum Gasteiger partial charge on any atom is 0.373 e. The fourth-order valence-electron chi connectivity index (χ4n) is 2.48. The molecule has 0 radical (unpaired) electrons. The van der Waals surface area contributed by atoms with E-state index in [0.29, 0.717) is 12.3 Å². The normalized spacial score (nSPS) is 12.7.